The van der Waals surface area contributed by atoms with E-state index in [1.165, 1.54) is 75.3 Å². The summed E-state index contributed by atoms with van der Waals surface area (Å²) in [6.45, 7) is 4.53. The molecule has 2 N–H and O–H groups in total. The predicted octanol–water partition coefficient (Wildman–Crippen LogP) is 6.71. The van der Waals surface area contributed by atoms with Crippen LogP contribution in [0.25, 0.3) is 0 Å². The highest BCUT2D eigenvalue weighted by atomic mass is 14.6. The number of hydrogen-bond acceptors (Lipinski definition) is 1. The summed E-state index contributed by atoms with van der Waals surface area (Å²) in [4.78, 5) is 0. The molecule has 1 aliphatic rings. The van der Waals surface area contributed by atoms with Gasteiger partial charge in [-0.25, -0.2) is 0 Å². The first-order valence-electron chi connectivity index (χ1n) is 10.3. The predicted molar refractivity (Wildman–Crippen MR) is 107 cm³/mol. The molecule has 0 amide bonds. The van der Waals surface area contributed by atoms with Gasteiger partial charge in [0.25, 0.3) is 0 Å². The number of benzene rings is 1. The number of hydrogen-bond donors (Lipinski definition) is 1. The number of aryl methyl sites for hydroxylation is 1. The van der Waals surface area contributed by atoms with Crippen molar-refractivity contribution in [1.29, 1.82) is 0 Å². The van der Waals surface area contributed by atoms with Gasteiger partial charge in [-0.15, -0.1) is 0 Å². The maximum absolute atomic E-state index is 6.29. The van der Waals surface area contributed by atoms with E-state index in [4.69, 9.17) is 5.73 Å². The first kappa shape index (κ1) is 19.1. The standard InChI is InChI=1S/C23H37N/c1-3-5-6-7-8-9-12-19-15-16-20(17-19)18-22-21(11-4-2)13-10-14-23(22)24/h9-10,12-14,19-20H,3-8,11,15-18,24H2,1-2H3/b12-9+/t19?,20-/m0/s1. The average Bonchev–Trinajstić information content (AvgIpc) is 3.02. The largest absolute Gasteiger partial charge is 0.398 e. The second kappa shape index (κ2) is 10.6. The molecule has 1 saturated carbocycles. The van der Waals surface area contributed by atoms with Crippen LogP contribution in [-0.4, -0.2) is 0 Å². The summed E-state index contributed by atoms with van der Waals surface area (Å²) in [5.74, 6) is 1.63. The third-order valence-corrected chi connectivity index (χ3v) is 5.54. The van der Waals surface area contributed by atoms with Crippen LogP contribution in [0.1, 0.15) is 82.8 Å². The van der Waals surface area contributed by atoms with E-state index >= 15 is 0 Å². The van der Waals surface area contributed by atoms with Crippen LogP contribution >= 0.6 is 0 Å². The van der Waals surface area contributed by atoms with Crippen molar-refractivity contribution in [1.82, 2.24) is 0 Å². The number of nitrogens with two attached hydrogens (primary N) is 1. The van der Waals surface area contributed by atoms with Crippen LogP contribution in [0, 0.1) is 11.8 Å². The van der Waals surface area contributed by atoms with Gasteiger partial charge in [-0.2, -0.15) is 0 Å². The van der Waals surface area contributed by atoms with Gasteiger partial charge in [0.05, 0.1) is 0 Å². The SMILES string of the molecule is CCCCCC/C=C/C1CC[C@H](Cc2c(N)cccc2CCC)C1. The van der Waals surface area contributed by atoms with Crippen molar-refractivity contribution < 1.29 is 0 Å². The van der Waals surface area contributed by atoms with Crippen molar-refractivity contribution in [3.63, 3.8) is 0 Å². The van der Waals surface area contributed by atoms with Crippen molar-refractivity contribution in [2.45, 2.75) is 84.5 Å². The van der Waals surface area contributed by atoms with E-state index in [9.17, 15) is 0 Å². The van der Waals surface area contributed by atoms with Gasteiger partial charge in [-0.05, 0) is 74.0 Å². The minimum absolute atomic E-state index is 0.806. The molecule has 0 aromatic heterocycles. The second-order valence-electron chi connectivity index (χ2n) is 7.66. The third-order valence-electron chi connectivity index (χ3n) is 5.54. The highest BCUT2D eigenvalue weighted by Crippen LogP contribution is 2.36. The third kappa shape index (κ3) is 6.00. The second-order valence-corrected chi connectivity index (χ2v) is 7.66. The fourth-order valence-electron chi connectivity index (χ4n) is 4.15. The Labute approximate surface area is 149 Å². The number of rotatable bonds is 10. The maximum atomic E-state index is 6.29. The van der Waals surface area contributed by atoms with E-state index in [2.05, 4.69) is 44.2 Å². The lowest BCUT2D eigenvalue weighted by molar-refractivity contribution is 0.527. The minimum Gasteiger partial charge on any atom is -0.398 e. The summed E-state index contributed by atoms with van der Waals surface area (Å²) in [5.41, 5.74) is 10.2. The van der Waals surface area contributed by atoms with Gasteiger partial charge < -0.3 is 5.73 Å². The van der Waals surface area contributed by atoms with Gasteiger partial charge in [-0.3, -0.25) is 0 Å². The molecule has 1 aliphatic carbocycles. The zero-order valence-electron chi connectivity index (χ0n) is 15.9. The van der Waals surface area contributed by atoms with E-state index < -0.39 is 0 Å². The minimum atomic E-state index is 0.806. The lowest BCUT2D eigenvalue weighted by Crippen LogP contribution is -2.06. The number of anilines is 1. The first-order valence-corrected chi connectivity index (χ1v) is 10.3. The Hall–Kier alpha value is -1.24. The topological polar surface area (TPSA) is 26.0 Å². The monoisotopic (exact) mass is 327 g/mol. The van der Waals surface area contributed by atoms with Crippen molar-refractivity contribution >= 4 is 5.69 Å². The van der Waals surface area contributed by atoms with E-state index in [0.29, 0.717) is 0 Å². The van der Waals surface area contributed by atoms with Crippen LogP contribution in [0.5, 0.6) is 0 Å². The van der Waals surface area contributed by atoms with Crippen molar-refractivity contribution in [3.05, 3.63) is 41.5 Å². The number of allylic oxidation sites excluding steroid dienone is 2. The van der Waals surface area contributed by atoms with Gasteiger partial charge in [-0.1, -0.05) is 63.8 Å². The summed E-state index contributed by atoms with van der Waals surface area (Å²) in [5, 5.41) is 0. The normalized spacial score (nSPS) is 20.9. The zero-order chi connectivity index (χ0) is 17.2. The maximum Gasteiger partial charge on any atom is 0.0349 e. The van der Waals surface area contributed by atoms with E-state index in [1.54, 1.807) is 0 Å². The Morgan fingerprint density at radius 1 is 1.08 bits per heavy atom. The number of unbranched alkanes of at least 4 members (excludes halogenated alkanes) is 4. The summed E-state index contributed by atoms with van der Waals surface area (Å²) >= 11 is 0. The average molecular weight is 328 g/mol. The smallest absolute Gasteiger partial charge is 0.0349 e. The van der Waals surface area contributed by atoms with E-state index in [1.807, 2.05) is 0 Å². The zero-order valence-corrected chi connectivity index (χ0v) is 15.9. The fraction of sp³-hybridized carbons (Fsp3) is 0.652. The Balaban J connectivity index is 1.81. The molecule has 1 heteroatoms. The van der Waals surface area contributed by atoms with Crippen LogP contribution in [0.15, 0.2) is 30.4 Å². The molecule has 134 valence electrons. The summed E-state index contributed by atoms with van der Waals surface area (Å²) in [6.07, 6.45) is 19.3. The van der Waals surface area contributed by atoms with Crippen LogP contribution in [0.3, 0.4) is 0 Å². The van der Waals surface area contributed by atoms with Gasteiger partial charge in [0.15, 0.2) is 0 Å². The van der Waals surface area contributed by atoms with Gasteiger partial charge in [0.1, 0.15) is 0 Å². The molecule has 2 rings (SSSR count). The Morgan fingerprint density at radius 3 is 2.75 bits per heavy atom. The van der Waals surface area contributed by atoms with Gasteiger partial charge in [0.2, 0.25) is 0 Å². The quantitative estimate of drug-likeness (QED) is 0.288. The Morgan fingerprint density at radius 2 is 1.96 bits per heavy atom. The molecule has 1 unspecified atom stereocenters. The van der Waals surface area contributed by atoms with Gasteiger partial charge in [0, 0.05) is 5.69 Å². The lowest BCUT2D eigenvalue weighted by atomic mass is 9.91. The highest BCUT2D eigenvalue weighted by Gasteiger charge is 2.24. The summed E-state index contributed by atoms with van der Waals surface area (Å²) < 4.78 is 0. The molecular formula is C23H37N. The van der Waals surface area contributed by atoms with Crippen LogP contribution in [0.4, 0.5) is 5.69 Å². The fourth-order valence-corrected chi connectivity index (χ4v) is 4.15. The highest BCUT2D eigenvalue weighted by molar-refractivity contribution is 5.51. The Kier molecular flexibility index (Phi) is 8.42. The Bertz CT molecular complexity index is 503. The van der Waals surface area contributed by atoms with Crippen LogP contribution in [-0.2, 0) is 12.8 Å². The molecule has 0 saturated heterocycles. The molecule has 0 spiro atoms. The number of nitrogen functional groups attached to an aromatic ring is 1. The molecule has 0 bridgehead atoms. The van der Waals surface area contributed by atoms with Crippen molar-refractivity contribution in [2.75, 3.05) is 5.73 Å². The van der Waals surface area contributed by atoms with Crippen molar-refractivity contribution in [3.8, 4) is 0 Å². The molecule has 2 atom stereocenters. The molecule has 24 heavy (non-hydrogen) atoms. The molecule has 0 aliphatic heterocycles. The molecule has 1 nitrogen and oxygen atoms in total. The van der Waals surface area contributed by atoms with E-state index in [0.717, 1.165) is 23.9 Å². The van der Waals surface area contributed by atoms with Crippen LogP contribution in [0.2, 0.25) is 0 Å². The first-order chi connectivity index (χ1) is 11.7. The lowest BCUT2D eigenvalue weighted by Gasteiger charge is -2.16. The van der Waals surface area contributed by atoms with Crippen molar-refractivity contribution in [2.24, 2.45) is 11.8 Å². The van der Waals surface area contributed by atoms with Crippen LogP contribution < -0.4 is 5.73 Å². The van der Waals surface area contributed by atoms with Gasteiger partial charge >= 0.3 is 0 Å². The summed E-state index contributed by atoms with van der Waals surface area (Å²) in [6, 6.07) is 6.47. The van der Waals surface area contributed by atoms with E-state index in [-0.39, 0.29) is 0 Å². The molecular weight excluding hydrogens is 290 g/mol. The molecule has 0 radical (unpaired) electrons. The summed E-state index contributed by atoms with van der Waals surface area (Å²) in [7, 11) is 0. The molecule has 1 fully saturated rings. The molecule has 1 aromatic carbocycles. The molecule has 1 aromatic rings. The molecule has 0 heterocycles.